The van der Waals surface area contributed by atoms with Crippen molar-refractivity contribution in [3.05, 3.63) is 45.8 Å². The molecule has 1 N–H and O–H groups in total. The van der Waals surface area contributed by atoms with Gasteiger partial charge >= 0.3 is 0 Å². The van der Waals surface area contributed by atoms with Crippen molar-refractivity contribution < 1.29 is 5.11 Å². The summed E-state index contributed by atoms with van der Waals surface area (Å²) in [4.78, 5) is 2.69. The molecule has 0 aliphatic rings. The summed E-state index contributed by atoms with van der Waals surface area (Å²) in [6.07, 6.45) is 0. The lowest BCUT2D eigenvalue weighted by Crippen LogP contribution is -2.01. The zero-order chi connectivity index (χ0) is 9.68. The summed E-state index contributed by atoms with van der Waals surface area (Å²) < 4.78 is 0. The minimum atomic E-state index is -0.466. The van der Waals surface area contributed by atoms with Crippen molar-refractivity contribution in [3.8, 4) is 0 Å². The molecule has 0 fully saturated rings. The molecule has 4 nitrogen and oxygen atoms in total. The van der Waals surface area contributed by atoms with Gasteiger partial charge in [0.1, 0.15) is 0 Å². The molecule has 0 bridgehead atoms. The van der Waals surface area contributed by atoms with Gasteiger partial charge < -0.3 is 5.11 Å². The van der Waals surface area contributed by atoms with E-state index >= 15 is 0 Å². The molecule has 0 aliphatic carbocycles. The summed E-state index contributed by atoms with van der Waals surface area (Å²) in [7, 11) is 0. The van der Waals surface area contributed by atoms with E-state index in [2.05, 4.69) is 10.0 Å². The summed E-state index contributed by atoms with van der Waals surface area (Å²) in [5.74, 6) is 0. The molecule has 4 heteroatoms. The molecule has 0 amide bonds. The van der Waals surface area contributed by atoms with Crippen LogP contribution in [0.3, 0.4) is 0 Å². The van der Waals surface area contributed by atoms with Crippen LogP contribution in [0.15, 0.2) is 29.4 Å². The number of aryl methyl sites for hydroxylation is 1. The Morgan fingerprint density at radius 3 is 2.64 bits per heavy atom. The van der Waals surface area contributed by atoms with Gasteiger partial charge in [0, 0.05) is 4.91 Å². The number of aliphatic hydroxyl groups is 1. The molecule has 0 aromatic heterocycles. The van der Waals surface area contributed by atoms with Crippen molar-refractivity contribution in [1.29, 1.82) is 0 Å². The lowest BCUT2D eigenvalue weighted by atomic mass is 10.0. The van der Waals surface area contributed by atoms with Gasteiger partial charge in [-0.3, -0.25) is 0 Å². The van der Waals surface area contributed by atoms with Gasteiger partial charge in [-0.25, -0.2) is 0 Å². The lowest BCUT2D eigenvalue weighted by molar-refractivity contribution is 0.267. The van der Waals surface area contributed by atoms with Gasteiger partial charge in [-0.1, -0.05) is 36.8 Å². The summed E-state index contributed by atoms with van der Waals surface area (Å²) in [5, 5.41) is 12.5. The Kier molecular flexibility index (Phi) is 5.37. The maximum Gasteiger partial charge on any atom is 0.0858 e. The largest absolute Gasteiger partial charge is 0.396 e. The van der Waals surface area contributed by atoms with Crippen LogP contribution in [0.2, 0.25) is 0 Å². The van der Waals surface area contributed by atoms with Crippen LogP contribution in [-0.4, -0.2) is 11.7 Å². The highest BCUT2D eigenvalue weighted by atomic mass is 16.3. The molecule has 76 valence electrons. The molecule has 1 unspecified atom stereocenters. The van der Waals surface area contributed by atoms with E-state index in [1.165, 1.54) is 0 Å². The van der Waals surface area contributed by atoms with Crippen LogP contribution in [0.5, 0.6) is 0 Å². The Morgan fingerprint density at radius 2 is 2.14 bits per heavy atom. The standard InChI is InChI=1S/C9H11N3O.CH4/c1-7-4-2-3-5-8(7)9(6-13)11-12-10;/h2-5,9,13H,6H2,1H3;1H4. The van der Waals surface area contributed by atoms with Crippen molar-refractivity contribution in [2.75, 3.05) is 6.61 Å². The molecule has 0 aliphatic heterocycles. The van der Waals surface area contributed by atoms with Crippen molar-refractivity contribution >= 4 is 0 Å². The van der Waals surface area contributed by atoms with E-state index in [0.29, 0.717) is 0 Å². The quantitative estimate of drug-likeness (QED) is 0.447. The topological polar surface area (TPSA) is 69.0 Å². The van der Waals surface area contributed by atoms with Gasteiger partial charge in [-0.15, -0.1) is 0 Å². The van der Waals surface area contributed by atoms with Crippen LogP contribution in [0.1, 0.15) is 24.6 Å². The number of azide groups is 1. The van der Waals surface area contributed by atoms with Gasteiger partial charge in [0.25, 0.3) is 0 Å². The maximum absolute atomic E-state index is 8.97. The first-order valence-corrected chi connectivity index (χ1v) is 4.00. The molecule has 14 heavy (non-hydrogen) atoms. The van der Waals surface area contributed by atoms with Crippen molar-refractivity contribution in [3.63, 3.8) is 0 Å². The third-order valence-electron chi connectivity index (χ3n) is 1.91. The van der Waals surface area contributed by atoms with E-state index in [1.54, 1.807) is 0 Å². The number of benzene rings is 1. The van der Waals surface area contributed by atoms with Crippen molar-refractivity contribution in [1.82, 2.24) is 0 Å². The first-order chi connectivity index (χ1) is 6.29. The fraction of sp³-hybridized carbons (Fsp3) is 0.400. The molecular formula is C10H15N3O. The van der Waals surface area contributed by atoms with Gasteiger partial charge in [0.15, 0.2) is 0 Å². The summed E-state index contributed by atoms with van der Waals surface area (Å²) >= 11 is 0. The number of rotatable bonds is 3. The van der Waals surface area contributed by atoms with Crippen LogP contribution in [0.25, 0.3) is 10.4 Å². The predicted octanol–water partition coefficient (Wildman–Crippen LogP) is 2.97. The highest BCUT2D eigenvalue weighted by Gasteiger charge is 2.09. The van der Waals surface area contributed by atoms with Gasteiger partial charge in [-0.05, 0) is 23.6 Å². The second-order valence-corrected chi connectivity index (χ2v) is 2.76. The molecule has 0 heterocycles. The average molecular weight is 193 g/mol. The lowest BCUT2D eigenvalue weighted by Gasteiger charge is -2.10. The zero-order valence-corrected chi connectivity index (χ0v) is 7.38. The third-order valence-corrected chi connectivity index (χ3v) is 1.91. The summed E-state index contributed by atoms with van der Waals surface area (Å²) in [5.41, 5.74) is 10.2. The fourth-order valence-corrected chi connectivity index (χ4v) is 1.22. The molecule has 1 atom stereocenters. The normalized spacial score (nSPS) is 11.0. The molecule has 0 saturated carbocycles. The van der Waals surface area contributed by atoms with E-state index in [4.69, 9.17) is 10.6 Å². The Balaban J connectivity index is 0.00000169. The van der Waals surface area contributed by atoms with Crippen LogP contribution in [-0.2, 0) is 0 Å². The Hall–Kier alpha value is -1.51. The third kappa shape index (κ3) is 2.76. The van der Waals surface area contributed by atoms with Crippen molar-refractivity contribution in [2.24, 2.45) is 5.11 Å². The second-order valence-electron chi connectivity index (χ2n) is 2.76. The monoisotopic (exact) mass is 193 g/mol. The molecule has 1 rings (SSSR count). The van der Waals surface area contributed by atoms with Crippen molar-refractivity contribution in [2.45, 2.75) is 20.4 Å². The Labute approximate surface area is 83.8 Å². The molecular weight excluding hydrogens is 178 g/mol. The minimum absolute atomic E-state index is 0. The summed E-state index contributed by atoms with van der Waals surface area (Å²) in [6.45, 7) is 1.76. The van der Waals surface area contributed by atoms with E-state index in [1.807, 2.05) is 31.2 Å². The van der Waals surface area contributed by atoms with Gasteiger partial charge in [0.2, 0.25) is 0 Å². The SMILES string of the molecule is C.Cc1ccccc1C(CO)N=[N+]=[N-]. The predicted molar refractivity (Wildman–Crippen MR) is 56.9 cm³/mol. The number of aliphatic hydroxyl groups excluding tert-OH is 1. The highest BCUT2D eigenvalue weighted by molar-refractivity contribution is 5.28. The zero-order valence-electron chi connectivity index (χ0n) is 7.38. The first-order valence-electron chi connectivity index (χ1n) is 4.00. The van der Waals surface area contributed by atoms with Crippen LogP contribution >= 0.6 is 0 Å². The molecule has 0 spiro atoms. The van der Waals surface area contributed by atoms with E-state index in [9.17, 15) is 0 Å². The Bertz CT molecular complexity index is 332. The van der Waals surface area contributed by atoms with E-state index in [-0.39, 0.29) is 14.0 Å². The highest BCUT2D eigenvalue weighted by Crippen LogP contribution is 2.20. The van der Waals surface area contributed by atoms with Crippen LogP contribution in [0.4, 0.5) is 0 Å². The van der Waals surface area contributed by atoms with Gasteiger partial charge in [-0.2, -0.15) is 0 Å². The van der Waals surface area contributed by atoms with Gasteiger partial charge in [0.05, 0.1) is 12.6 Å². The van der Waals surface area contributed by atoms with E-state index in [0.717, 1.165) is 11.1 Å². The molecule has 0 radical (unpaired) electrons. The van der Waals surface area contributed by atoms with Crippen LogP contribution in [0, 0.1) is 6.92 Å². The Morgan fingerprint density at radius 1 is 1.50 bits per heavy atom. The van der Waals surface area contributed by atoms with Crippen LogP contribution < -0.4 is 0 Å². The maximum atomic E-state index is 8.97. The average Bonchev–Trinajstić information content (AvgIpc) is 2.16. The number of hydrogen-bond acceptors (Lipinski definition) is 2. The smallest absolute Gasteiger partial charge is 0.0858 e. The molecule has 1 aromatic rings. The fourth-order valence-electron chi connectivity index (χ4n) is 1.22. The summed E-state index contributed by atoms with van der Waals surface area (Å²) in [6, 6.07) is 7.07. The first kappa shape index (κ1) is 12.5. The number of nitrogens with zero attached hydrogens (tertiary/aromatic N) is 3. The second kappa shape index (κ2) is 6.02. The molecule has 0 saturated heterocycles. The number of hydrogen-bond donors (Lipinski definition) is 1. The minimum Gasteiger partial charge on any atom is -0.396 e. The molecule has 1 aromatic carbocycles. The van der Waals surface area contributed by atoms with E-state index < -0.39 is 6.04 Å².